The van der Waals surface area contributed by atoms with Gasteiger partial charge in [-0.2, -0.15) is 4.31 Å². The van der Waals surface area contributed by atoms with Gasteiger partial charge in [-0.3, -0.25) is 9.59 Å². The molecule has 25 heavy (non-hydrogen) atoms. The van der Waals surface area contributed by atoms with Crippen molar-refractivity contribution in [1.29, 1.82) is 0 Å². The van der Waals surface area contributed by atoms with E-state index in [-0.39, 0.29) is 26.2 Å². The van der Waals surface area contributed by atoms with E-state index >= 15 is 0 Å². The summed E-state index contributed by atoms with van der Waals surface area (Å²) < 4.78 is 70.2. The van der Waals surface area contributed by atoms with Crippen molar-refractivity contribution in [1.82, 2.24) is 9.21 Å². The molecular formula is C14H15F3N2O5S. The van der Waals surface area contributed by atoms with Crippen molar-refractivity contribution in [2.45, 2.75) is 11.8 Å². The predicted octanol–water partition coefficient (Wildman–Crippen LogP) is 0.500. The largest absolute Gasteiger partial charge is 0.456 e. The van der Waals surface area contributed by atoms with Crippen molar-refractivity contribution in [3.63, 3.8) is 0 Å². The van der Waals surface area contributed by atoms with Crippen LogP contribution in [0.2, 0.25) is 0 Å². The Balaban J connectivity index is 2.08. The topological polar surface area (TPSA) is 84.0 Å². The summed E-state index contributed by atoms with van der Waals surface area (Å²) in [7, 11) is -4.38. The van der Waals surface area contributed by atoms with Gasteiger partial charge >= 0.3 is 5.97 Å². The Bertz CT molecular complexity index is 792. The molecule has 138 valence electrons. The number of carbonyl (C=O) groups is 2. The highest BCUT2D eigenvalue weighted by Gasteiger charge is 2.33. The van der Waals surface area contributed by atoms with Crippen LogP contribution in [-0.2, 0) is 24.3 Å². The van der Waals surface area contributed by atoms with Crippen LogP contribution in [0.1, 0.15) is 6.92 Å². The van der Waals surface area contributed by atoms with Crippen molar-refractivity contribution >= 4 is 21.9 Å². The average molecular weight is 380 g/mol. The van der Waals surface area contributed by atoms with Gasteiger partial charge in [-0.1, -0.05) is 0 Å². The molecule has 1 saturated heterocycles. The summed E-state index contributed by atoms with van der Waals surface area (Å²) in [5, 5.41) is 0. The summed E-state index contributed by atoms with van der Waals surface area (Å²) in [5.41, 5.74) is 0. The fraction of sp³-hybridized carbons (Fsp3) is 0.429. The molecule has 1 fully saturated rings. The lowest BCUT2D eigenvalue weighted by atomic mass is 10.3. The maximum Gasteiger partial charge on any atom is 0.303 e. The lowest BCUT2D eigenvalue weighted by Gasteiger charge is -2.33. The van der Waals surface area contributed by atoms with Gasteiger partial charge in [0, 0.05) is 33.1 Å². The molecule has 1 amide bonds. The number of piperazine rings is 1. The second-order valence-electron chi connectivity index (χ2n) is 5.24. The van der Waals surface area contributed by atoms with Gasteiger partial charge < -0.3 is 9.64 Å². The van der Waals surface area contributed by atoms with Gasteiger partial charge in [0.2, 0.25) is 10.0 Å². The highest BCUT2D eigenvalue weighted by atomic mass is 32.2. The number of benzene rings is 1. The fourth-order valence-electron chi connectivity index (χ4n) is 2.28. The van der Waals surface area contributed by atoms with Crippen LogP contribution in [0.15, 0.2) is 17.0 Å². The highest BCUT2D eigenvalue weighted by Crippen LogP contribution is 2.24. The molecule has 0 unspecified atom stereocenters. The van der Waals surface area contributed by atoms with E-state index in [2.05, 4.69) is 4.74 Å². The molecule has 0 bridgehead atoms. The van der Waals surface area contributed by atoms with Gasteiger partial charge in [0.05, 0.1) is 0 Å². The molecule has 1 aliphatic heterocycles. The molecule has 1 aromatic carbocycles. The van der Waals surface area contributed by atoms with Crippen molar-refractivity contribution in [3.8, 4) is 0 Å². The molecule has 1 aliphatic rings. The van der Waals surface area contributed by atoms with Crippen molar-refractivity contribution in [3.05, 3.63) is 29.6 Å². The Hall–Kier alpha value is -2.14. The third-order valence-electron chi connectivity index (χ3n) is 3.61. The molecule has 0 aliphatic carbocycles. The second kappa shape index (κ2) is 7.40. The molecule has 1 aromatic rings. The van der Waals surface area contributed by atoms with Gasteiger partial charge in [0.25, 0.3) is 5.91 Å². The summed E-state index contributed by atoms with van der Waals surface area (Å²) in [6.07, 6.45) is 0. The maximum atomic E-state index is 13.8. The fourth-order valence-corrected chi connectivity index (χ4v) is 3.76. The molecule has 11 heteroatoms. The van der Waals surface area contributed by atoms with Crippen LogP contribution in [0, 0.1) is 17.5 Å². The minimum Gasteiger partial charge on any atom is -0.456 e. The molecule has 0 saturated carbocycles. The zero-order valence-corrected chi connectivity index (χ0v) is 14.0. The quantitative estimate of drug-likeness (QED) is 0.561. The molecule has 0 N–H and O–H groups in total. The van der Waals surface area contributed by atoms with Crippen LogP contribution in [0.5, 0.6) is 0 Å². The van der Waals surface area contributed by atoms with Gasteiger partial charge in [-0.15, -0.1) is 0 Å². The molecule has 2 rings (SSSR count). The predicted molar refractivity (Wildman–Crippen MR) is 78.3 cm³/mol. The number of ether oxygens (including phenoxy) is 1. The number of hydrogen-bond donors (Lipinski definition) is 0. The van der Waals surface area contributed by atoms with Crippen LogP contribution in [0.4, 0.5) is 13.2 Å². The number of rotatable bonds is 4. The van der Waals surface area contributed by atoms with E-state index in [1.807, 2.05) is 0 Å². The molecular weight excluding hydrogens is 365 g/mol. The zero-order valence-electron chi connectivity index (χ0n) is 13.2. The SMILES string of the molecule is CC(=O)OCC(=O)N1CCN(S(=O)(=O)c2ccc(F)c(F)c2F)CC1. The standard InChI is InChI=1S/C14H15F3N2O5S/c1-9(20)24-8-12(21)18-4-6-19(7-5-18)25(22,23)11-3-2-10(15)13(16)14(11)17/h2-3H,4-8H2,1H3. The minimum atomic E-state index is -4.38. The van der Waals surface area contributed by atoms with Crippen molar-refractivity contribution < 1.29 is 35.9 Å². The average Bonchev–Trinajstić information content (AvgIpc) is 2.57. The lowest BCUT2D eigenvalue weighted by molar-refractivity contribution is -0.150. The van der Waals surface area contributed by atoms with E-state index in [4.69, 9.17) is 0 Å². The normalized spacial score (nSPS) is 15.9. The Labute approximate surface area is 142 Å². The van der Waals surface area contributed by atoms with E-state index < -0.39 is 50.9 Å². The summed E-state index contributed by atoms with van der Waals surface area (Å²) >= 11 is 0. The minimum absolute atomic E-state index is 0.00930. The monoisotopic (exact) mass is 380 g/mol. The van der Waals surface area contributed by atoms with E-state index in [1.165, 1.54) is 4.90 Å². The van der Waals surface area contributed by atoms with Crippen LogP contribution in [-0.4, -0.2) is 62.3 Å². The summed E-state index contributed by atoms with van der Waals surface area (Å²) in [5.74, 6) is -6.25. The summed E-state index contributed by atoms with van der Waals surface area (Å²) in [4.78, 5) is 22.8. The van der Waals surface area contributed by atoms with Crippen molar-refractivity contribution in [2.24, 2.45) is 0 Å². The van der Waals surface area contributed by atoms with Gasteiger partial charge in [-0.25, -0.2) is 21.6 Å². The smallest absolute Gasteiger partial charge is 0.303 e. The van der Waals surface area contributed by atoms with Crippen molar-refractivity contribution in [2.75, 3.05) is 32.8 Å². The van der Waals surface area contributed by atoms with E-state index in [1.54, 1.807) is 0 Å². The van der Waals surface area contributed by atoms with Crippen LogP contribution < -0.4 is 0 Å². The first-order valence-corrected chi connectivity index (χ1v) is 8.63. The van der Waals surface area contributed by atoms with Crippen LogP contribution >= 0.6 is 0 Å². The number of hydrogen-bond acceptors (Lipinski definition) is 5. The molecule has 0 radical (unpaired) electrons. The summed E-state index contributed by atoms with van der Waals surface area (Å²) in [6, 6.07) is 1.19. The first kappa shape index (κ1) is 19.2. The third-order valence-corrected chi connectivity index (χ3v) is 5.52. The van der Waals surface area contributed by atoms with Gasteiger partial charge in [-0.05, 0) is 12.1 Å². The number of esters is 1. The van der Waals surface area contributed by atoms with E-state index in [9.17, 15) is 31.2 Å². The van der Waals surface area contributed by atoms with Crippen LogP contribution in [0.3, 0.4) is 0 Å². The molecule has 1 heterocycles. The number of nitrogens with zero attached hydrogens (tertiary/aromatic N) is 2. The summed E-state index contributed by atoms with van der Waals surface area (Å²) in [6.45, 7) is 0.350. The van der Waals surface area contributed by atoms with Gasteiger partial charge in [0.15, 0.2) is 24.1 Å². The molecule has 7 nitrogen and oxygen atoms in total. The molecule has 0 aromatic heterocycles. The molecule has 0 atom stereocenters. The Morgan fingerprint density at radius 1 is 1.08 bits per heavy atom. The Morgan fingerprint density at radius 3 is 2.24 bits per heavy atom. The number of sulfonamides is 1. The number of halogens is 3. The first-order chi connectivity index (χ1) is 11.6. The highest BCUT2D eigenvalue weighted by molar-refractivity contribution is 7.89. The Kier molecular flexibility index (Phi) is 5.68. The maximum absolute atomic E-state index is 13.8. The lowest BCUT2D eigenvalue weighted by Crippen LogP contribution is -2.51. The number of amides is 1. The third kappa shape index (κ3) is 4.10. The second-order valence-corrected chi connectivity index (χ2v) is 7.14. The molecule has 0 spiro atoms. The van der Waals surface area contributed by atoms with Gasteiger partial charge in [0.1, 0.15) is 4.90 Å². The first-order valence-electron chi connectivity index (χ1n) is 7.19. The van der Waals surface area contributed by atoms with Crippen LogP contribution in [0.25, 0.3) is 0 Å². The van der Waals surface area contributed by atoms with E-state index in [0.29, 0.717) is 12.1 Å². The van der Waals surface area contributed by atoms with E-state index in [0.717, 1.165) is 11.2 Å². The zero-order chi connectivity index (χ0) is 18.8. The number of carbonyl (C=O) groups excluding carboxylic acids is 2. The Morgan fingerprint density at radius 2 is 1.68 bits per heavy atom.